The van der Waals surface area contributed by atoms with Gasteiger partial charge in [-0.2, -0.15) is 0 Å². The molecule has 0 aromatic heterocycles. The summed E-state index contributed by atoms with van der Waals surface area (Å²) in [6.45, 7) is 4.94. The van der Waals surface area contributed by atoms with E-state index in [9.17, 15) is 0 Å². The highest BCUT2D eigenvalue weighted by molar-refractivity contribution is 6.36. The van der Waals surface area contributed by atoms with E-state index in [0.29, 0.717) is 5.02 Å². The third-order valence-electron chi connectivity index (χ3n) is 5.39. The minimum absolute atomic E-state index is 0.677. The van der Waals surface area contributed by atoms with Crippen molar-refractivity contribution in [1.29, 1.82) is 0 Å². The number of terminal acetylenes is 1. The zero-order valence-electron chi connectivity index (χ0n) is 20.1. The normalized spacial score (nSPS) is 13.4. The molecule has 184 valence electrons. The summed E-state index contributed by atoms with van der Waals surface area (Å²) in [7, 11) is 3.78. The SMILES string of the molecule is C#C.CN=CN(C)c1ccc(CN2CCN(c3ccc(Cl)cc3Cl)CC2)cc1.Clc1ccccc1. The summed E-state index contributed by atoms with van der Waals surface area (Å²) in [6.07, 6.45) is 9.82. The molecule has 1 aliphatic rings. The Hall–Kier alpha value is -2.68. The third-order valence-corrected chi connectivity index (χ3v) is 6.18. The number of hydrogen-bond acceptors (Lipinski definition) is 3. The van der Waals surface area contributed by atoms with E-state index in [1.165, 1.54) is 5.56 Å². The summed E-state index contributed by atoms with van der Waals surface area (Å²) < 4.78 is 0. The van der Waals surface area contributed by atoms with Gasteiger partial charge in [-0.25, -0.2) is 0 Å². The van der Waals surface area contributed by atoms with Gasteiger partial charge in [0, 0.05) is 62.6 Å². The highest BCUT2D eigenvalue weighted by Gasteiger charge is 2.19. The van der Waals surface area contributed by atoms with E-state index in [4.69, 9.17) is 34.8 Å². The maximum absolute atomic E-state index is 6.34. The number of halogens is 3. The molecule has 4 rings (SSSR count). The second-order valence-electron chi connectivity index (χ2n) is 7.81. The van der Waals surface area contributed by atoms with Crippen molar-refractivity contribution in [2.45, 2.75) is 6.54 Å². The molecule has 3 aromatic carbocycles. The van der Waals surface area contributed by atoms with Gasteiger partial charge in [0.05, 0.1) is 17.0 Å². The van der Waals surface area contributed by atoms with Crippen LogP contribution in [0.5, 0.6) is 0 Å². The molecular weight excluding hydrogens is 499 g/mol. The first kappa shape index (κ1) is 28.6. The van der Waals surface area contributed by atoms with Crippen molar-refractivity contribution in [2.75, 3.05) is 50.1 Å². The van der Waals surface area contributed by atoms with Gasteiger partial charge in [-0.05, 0) is 48.0 Å². The topological polar surface area (TPSA) is 22.1 Å². The van der Waals surface area contributed by atoms with Gasteiger partial charge in [-0.3, -0.25) is 9.89 Å². The number of anilines is 2. The van der Waals surface area contributed by atoms with Crippen LogP contribution in [0.3, 0.4) is 0 Å². The van der Waals surface area contributed by atoms with Gasteiger partial charge >= 0.3 is 0 Å². The molecule has 0 spiro atoms. The average molecular weight is 530 g/mol. The van der Waals surface area contributed by atoms with Gasteiger partial charge in [0.1, 0.15) is 0 Å². The van der Waals surface area contributed by atoms with E-state index < -0.39 is 0 Å². The van der Waals surface area contributed by atoms with Crippen molar-refractivity contribution >= 4 is 52.5 Å². The Balaban J connectivity index is 0.000000407. The molecule has 1 aliphatic heterocycles. The summed E-state index contributed by atoms with van der Waals surface area (Å²) in [6, 6.07) is 23.8. The number of aliphatic imine (C=N–C) groups is 1. The minimum atomic E-state index is 0.677. The predicted octanol–water partition coefficient (Wildman–Crippen LogP) is 7.00. The van der Waals surface area contributed by atoms with Crippen molar-refractivity contribution < 1.29 is 0 Å². The molecule has 35 heavy (non-hydrogen) atoms. The quantitative estimate of drug-likeness (QED) is 0.202. The van der Waals surface area contributed by atoms with Crippen LogP contribution in [0.1, 0.15) is 5.56 Å². The van der Waals surface area contributed by atoms with E-state index in [0.717, 1.165) is 54.1 Å². The Morgan fingerprint density at radius 1 is 0.857 bits per heavy atom. The Kier molecular flexibility index (Phi) is 12.5. The lowest BCUT2D eigenvalue weighted by Crippen LogP contribution is -2.46. The fraction of sp³-hybridized carbons (Fsp3) is 0.250. The van der Waals surface area contributed by atoms with Crippen LogP contribution in [0, 0.1) is 12.8 Å². The molecule has 0 radical (unpaired) electrons. The fourth-order valence-electron chi connectivity index (χ4n) is 3.63. The molecule has 4 nitrogen and oxygen atoms in total. The lowest BCUT2D eigenvalue weighted by Gasteiger charge is -2.36. The van der Waals surface area contributed by atoms with E-state index in [2.05, 4.69) is 51.9 Å². The highest BCUT2D eigenvalue weighted by atomic mass is 35.5. The predicted molar refractivity (Wildman–Crippen MR) is 155 cm³/mol. The third kappa shape index (κ3) is 9.47. The van der Waals surface area contributed by atoms with Crippen LogP contribution in [0.25, 0.3) is 0 Å². The zero-order chi connectivity index (χ0) is 25.6. The summed E-state index contributed by atoms with van der Waals surface area (Å²) in [5.41, 5.74) is 3.54. The van der Waals surface area contributed by atoms with Gasteiger partial charge in [-0.1, -0.05) is 65.1 Å². The Labute approximate surface area is 224 Å². The smallest absolute Gasteiger partial charge is 0.0888 e. The molecule has 1 fully saturated rings. The minimum Gasteiger partial charge on any atom is -0.368 e. The Morgan fingerprint density at radius 2 is 1.49 bits per heavy atom. The lowest BCUT2D eigenvalue weighted by atomic mass is 10.1. The highest BCUT2D eigenvalue weighted by Crippen LogP contribution is 2.29. The van der Waals surface area contributed by atoms with E-state index in [1.54, 1.807) is 7.05 Å². The number of nitrogens with zero attached hydrogens (tertiary/aromatic N) is 4. The Bertz CT molecular complexity index is 1060. The van der Waals surface area contributed by atoms with Crippen LogP contribution in [0.15, 0.2) is 77.8 Å². The first-order valence-corrected chi connectivity index (χ1v) is 12.3. The lowest BCUT2D eigenvalue weighted by molar-refractivity contribution is 0.250. The molecule has 0 aliphatic carbocycles. The standard InChI is InChI=1S/C20H24Cl2N4.C6H5Cl.C2H2/c1-23-15-24(2)18-6-3-16(4-7-18)14-25-9-11-26(12-10-25)20-8-5-17(21)13-19(20)22;7-6-4-2-1-3-5-6;1-2/h3-8,13,15H,9-12,14H2,1-2H3;1-5H;1-2H. The van der Waals surface area contributed by atoms with Gasteiger partial charge in [0.15, 0.2) is 0 Å². The molecule has 7 heteroatoms. The van der Waals surface area contributed by atoms with E-state index in [-0.39, 0.29) is 0 Å². The first-order valence-electron chi connectivity index (χ1n) is 11.2. The van der Waals surface area contributed by atoms with Crippen LogP contribution in [-0.2, 0) is 6.54 Å². The number of rotatable bonds is 5. The molecule has 0 saturated carbocycles. The molecule has 3 aromatic rings. The van der Waals surface area contributed by atoms with Gasteiger partial charge < -0.3 is 9.80 Å². The maximum Gasteiger partial charge on any atom is 0.0888 e. The van der Waals surface area contributed by atoms with E-state index >= 15 is 0 Å². The first-order chi connectivity index (χ1) is 17.0. The average Bonchev–Trinajstić information content (AvgIpc) is 2.87. The van der Waals surface area contributed by atoms with Crippen LogP contribution in [0.2, 0.25) is 15.1 Å². The maximum atomic E-state index is 6.34. The summed E-state index contributed by atoms with van der Waals surface area (Å²) in [5.74, 6) is 0. The van der Waals surface area contributed by atoms with Crippen LogP contribution in [-0.4, -0.2) is 51.5 Å². The van der Waals surface area contributed by atoms with Gasteiger partial charge in [0.2, 0.25) is 0 Å². The molecule has 0 atom stereocenters. The van der Waals surface area contributed by atoms with Crippen molar-refractivity contribution in [1.82, 2.24) is 4.90 Å². The molecular formula is C28H31Cl3N4. The van der Waals surface area contributed by atoms with Crippen molar-refractivity contribution in [3.8, 4) is 12.8 Å². The molecule has 0 N–H and O–H groups in total. The number of hydrogen-bond donors (Lipinski definition) is 0. The molecule has 0 amide bonds. The van der Waals surface area contributed by atoms with Crippen LogP contribution in [0.4, 0.5) is 11.4 Å². The zero-order valence-corrected chi connectivity index (χ0v) is 22.4. The van der Waals surface area contributed by atoms with Gasteiger partial charge in [0.25, 0.3) is 0 Å². The fourth-order valence-corrected chi connectivity index (χ4v) is 4.31. The molecule has 0 unspecified atom stereocenters. The molecule has 1 saturated heterocycles. The molecule has 1 heterocycles. The van der Waals surface area contributed by atoms with Gasteiger partial charge in [-0.15, -0.1) is 12.8 Å². The summed E-state index contributed by atoms with van der Waals surface area (Å²) in [5, 5.41) is 2.19. The number of piperazine rings is 1. The second-order valence-corrected chi connectivity index (χ2v) is 9.09. The van der Waals surface area contributed by atoms with E-state index in [1.807, 2.05) is 66.8 Å². The molecule has 0 bridgehead atoms. The summed E-state index contributed by atoms with van der Waals surface area (Å²) in [4.78, 5) is 10.9. The monoisotopic (exact) mass is 528 g/mol. The second kappa shape index (κ2) is 15.3. The van der Waals surface area contributed by atoms with Crippen molar-refractivity contribution in [2.24, 2.45) is 4.99 Å². The van der Waals surface area contributed by atoms with Crippen LogP contribution < -0.4 is 9.80 Å². The van der Waals surface area contributed by atoms with Crippen molar-refractivity contribution in [3.63, 3.8) is 0 Å². The summed E-state index contributed by atoms with van der Waals surface area (Å²) >= 11 is 17.9. The Morgan fingerprint density at radius 3 is 2.00 bits per heavy atom. The van der Waals surface area contributed by atoms with Crippen LogP contribution >= 0.6 is 34.8 Å². The number of benzene rings is 3. The van der Waals surface area contributed by atoms with Crippen molar-refractivity contribution in [3.05, 3.63) is 93.4 Å². The largest absolute Gasteiger partial charge is 0.368 e.